The maximum atomic E-state index is 9.97. The number of rotatable bonds is 4. The molecule has 0 saturated heterocycles. The molecule has 0 unspecified atom stereocenters. The van der Waals surface area contributed by atoms with Gasteiger partial charge in [0.2, 0.25) is 0 Å². The van der Waals surface area contributed by atoms with Crippen molar-refractivity contribution in [1.82, 2.24) is 0 Å². The van der Waals surface area contributed by atoms with Gasteiger partial charge in [-0.05, 0) is 0 Å². The summed E-state index contributed by atoms with van der Waals surface area (Å²) in [5, 5.41) is 8.21. The maximum Gasteiger partial charge on any atom is 0.303 e. The van der Waals surface area contributed by atoms with Crippen molar-refractivity contribution >= 4 is 5.97 Å². The molecule has 54 valence electrons. The van der Waals surface area contributed by atoms with Crippen LogP contribution in [0.15, 0.2) is 0 Å². The van der Waals surface area contributed by atoms with Gasteiger partial charge in [-0.1, -0.05) is 0 Å². The summed E-state index contributed by atoms with van der Waals surface area (Å²) in [6, 6.07) is 0.195. The standard InChI is InChI=1S/C5H12N2O2/c6-3-4(7)1-2-5(8)9/h4H,1-3,6-7H2,(H,8,9)/p+2/t4-/m0/s1. The van der Waals surface area contributed by atoms with E-state index in [1.165, 1.54) is 0 Å². The molecule has 9 heavy (non-hydrogen) atoms. The zero-order chi connectivity index (χ0) is 7.28. The Labute approximate surface area is 53.8 Å². The van der Waals surface area contributed by atoms with Crippen molar-refractivity contribution < 1.29 is 21.4 Å². The van der Waals surface area contributed by atoms with Crippen LogP contribution in [0.1, 0.15) is 12.8 Å². The van der Waals surface area contributed by atoms with Gasteiger partial charge in [0.05, 0.1) is 6.42 Å². The fourth-order valence-electron chi connectivity index (χ4n) is 0.472. The van der Waals surface area contributed by atoms with Gasteiger partial charge in [0.15, 0.2) is 0 Å². The first-order chi connectivity index (χ1) is 4.16. The van der Waals surface area contributed by atoms with Gasteiger partial charge in [0.25, 0.3) is 0 Å². The predicted octanol–water partition coefficient (Wildman–Crippen LogP) is -2.30. The molecular weight excluding hydrogens is 120 g/mol. The van der Waals surface area contributed by atoms with Crippen LogP contribution in [0.4, 0.5) is 0 Å². The van der Waals surface area contributed by atoms with Crippen LogP contribution in [0.2, 0.25) is 0 Å². The highest BCUT2D eigenvalue weighted by molar-refractivity contribution is 5.66. The fourth-order valence-corrected chi connectivity index (χ4v) is 0.472. The van der Waals surface area contributed by atoms with Crippen LogP contribution in [0.3, 0.4) is 0 Å². The third kappa shape index (κ3) is 5.26. The minimum absolute atomic E-state index is 0.195. The lowest BCUT2D eigenvalue weighted by Gasteiger charge is -1.98. The monoisotopic (exact) mass is 134 g/mol. The molecule has 0 fully saturated rings. The molecule has 0 aliphatic rings. The molecule has 0 bridgehead atoms. The smallest absolute Gasteiger partial charge is 0.303 e. The Bertz CT molecular complexity index is 95.0. The lowest BCUT2D eigenvalue weighted by Crippen LogP contribution is -2.72. The van der Waals surface area contributed by atoms with E-state index in [2.05, 4.69) is 11.5 Å². The third-order valence-electron chi connectivity index (χ3n) is 1.17. The normalized spacial score (nSPS) is 13.1. The van der Waals surface area contributed by atoms with Gasteiger partial charge in [-0.15, -0.1) is 0 Å². The van der Waals surface area contributed by atoms with E-state index in [0.717, 1.165) is 0 Å². The Morgan fingerprint density at radius 1 is 1.67 bits per heavy atom. The second-order valence-corrected chi connectivity index (χ2v) is 2.09. The molecule has 0 aromatic rings. The Morgan fingerprint density at radius 2 is 2.22 bits per heavy atom. The number of hydrogen-bond donors (Lipinski definition) is 3. The van der Waals surface area contributed by atoms with Gasteiger partial charge in [0.1, 0.15) is 12.6 Å². The van der Waals surface area contributed by atoms with Crippen LogP contribution in [0.25, 0.3) is 0 Å². The molecule has 0 aliphatic carbocycles. The van der Waals surface area contributed by atoms with E-state index in [-0.39, 0.29) is 12.5 Å². The summed E-state index contributed by atoms with van der Waals surface area (Å²) in [6.45, 7) is 0.716. The SMILES string of the molecule is [NH3+]C[C@@H]([NH3+])CCC(=O)O. The Morgan fingerprint density at radius 3 is 2.56 bits per heavy atom. The topological polar surface area (TPSA) is 92.6 Å². The Kier molecular flexibility index (Phi) is 4.00. The second kappa shape index (κ2) is 4.29. The van der Waals surface area contributed by atoms with Gasteiger partial charge in [-0.2, -0.15) is 0 Å². The van der Waals surface area contributed by atoms with Crippen LogP contribution in [-0.4, -0.2) is 23.7 Å². The molecule has 0 aromatic heterocycles. The zero-order valence-corrected chi connectivity index (χ0v) is 5.47. The molecular formula is C5H14N2O2+2. The fraction of sp³-hybridized carbons (Fsp3) is 0.800. The highest BCUT2D eigenvalue weighted by atomic mass is 16.4. The largest absolute Gasteiger partial charge is 0.481 e. The molecule has 4 heteroatoms. The average molecular weight is 134 g/mol. The summed E-state index contributed by atoms with van der Waals surface area (Å²) in [6.07, 6.45) is 0.850. The van der Waals surface area contributed by atoms with Crippen LogP contribution >= 0.6 is 0 Å². The summed E-state index contributed by atoms with van der Waals surface area (Å²) >= 11 is 0. The molecule has 0 aromatic carbocycles. The molecule has 0 rings (SSSR count). The van der Waals surface area contributed by atoms with E-state index in [1.807, 2.05) is 0 Å². The molecule has 7 N–H and O–H groups in total. The molecule has 4 nitrogen and oxygen atoms in total. The predicted molar refractivity (Wildman–Crippen MR) is 31.3 cm³/mol. The first-order valence-electron chi connectivity index (χ1n) is 3.01. The number of carbonyl (C=O) groups is 1. The number of aliphatic carboxylic acids is 1. The summed E-state index contributed by atoms with van der Waals surface area (Å²) in [4.78, 5) is 9.97. The van der Waals surface area contributed by atoms with Crippen molar-refractivity contribution in [2.75, 3.05) is 6.54 Å². The number of hydrogen-bond acceptors (Lipinski definition) is 1. The van der Waals surface area contributed by atoms with Crippen molar-refractivity contribution in [2.24, 2.45) is 0 Å². The van der Waals surface area contributed by atoms with Crippen molar-refractivity contribution in [3.8, 4) is 0 Å². The van der Waals surface area contributed by atoms with E-state index in [9.17, 15) is 4.79 Å². The van der Waals surface area contributed by atoms with E-state index >= 15 is 0 Å². The van der Waals surface area contributed by atoms with Gasteiger partial charge in [-0.3, -0.25) is 4.79 Å². The second-order valence-electron chi connectivity index (χ2n) is 2.09. The highest BCUT2D eigenvalue weighted by Gasteiger charge is 2.07. The Balaban J connectivity index is 3.16. The van der Waals surface area contributed by atoms with Crippen LogP contribution in [0.5, 0.6) is 0 Å². The minimum atomic E-state index is -0.753. The molecule has 0 radical (unpaired) electrons. The molecule has 1 atom stereocenters. The lowest BCUT2D eigenvalue weighted by atomic mass is 10.2. The molecule has 0 heterocycles. The zero-order valence-electron chi connectivity index (χ0n) is 5.47. The van der Waals surface area contributed by atoms with Gasteiger partial charge in [0, 0.05) is 6.42 Å². The summed E-state index contributed by atoms with van der Waals surface area (Å²) in [5.74, 6) is -0.753. The third-order valence-corrected chi connectivity index (χ3v) is 1.17. The lowest BCUT2D eigenvalue weighted by molar-refractivity contribution is -0.494. The van der Waals surface area contributed by atoms with Crippen molar-refractivity contribution in [1.29, 1.82) is 0 Å². The first-order valence-corrected chi connectivity index (χ1v) is 3.01. The average Bonchev–Trinajstić information content (AvgIpc) is 1.83. The summed E-state index contributed by atoms with van der Waals surface area (Å²) < 4.78 is 0. The van der Waals surface area contributed by atoms with Crippen LogP contribution in [0, 0.1) is 0 Å². The van der Waals surface area contributed by atoms with Crippen molar-refractivity contribution in [2.45, 2.75) is 18.9 Å². The first kappa shape index (κ1) is 8.39. The van der Waals surface area contributed by atoms with E-state index in [4.69, 9.17) is 5.11 Å². The van der Waals surface area contributed by atoms with Gasteiger partial charge >= 0.3 is 5.97 Å². The van der Waals surface area contributed by atoms with E-state index < -0.39 is 5.97 Å². The maximum absolute atomic E-state index is 9.97. The highest BCUT2D eigenvalue weighted by Crippen LogP contribution is 1.88. The van der Waals surface area contributed by atoms with E-state index in [0.29, 0.717) is 13.0 Å². The number of quaternary nitrogens is 2. The van der Waals surface area contributed by atoms with Crippen molar-refractivity contribution in [3.63, 3.8) is 0 Å². The summed E-state index contributed by atoms with van der Waals surface area (Å²) in [5.41, 5.74) is 7.31. The molecule has 0 spiro atoms. The Hall–Kier alpha value is -0.610. The molecule has 0 amide bonds. The molecule has 0 aliphatic heterocycles. The summed E-state index contributed by atoms with van der Waals surface area (Å²) in [7, 11) is 0. The number of carboxylic acid groups (broad SMARTS) is 1. The minimum Gasteiger partial charge on any atom is -0.481 e. The van der Waals surface area contributed by atoms with Gasteiger partial charge < -0.3 is 16.6 Å². The van der Waals surface area contributed by atoms with Crippen LogP contribution < -0.4 is 11.5 Å². The van der Waals surface area contributed by atoms with E-state index in [1.54, 1.807) is 0 Å². The number of carboxylic acids is 1. The quantitative estimate of drug-likeness (QED) is 0.403. The molecule has 0 saturated carbocycles. The van der Waals surface area contributed by atoms with Crippen LogP contribution in [-0.2, 0) is 4.79 Å². The van der Waals surface area contributed by atoms with Gasteiger partial charge in [-0.25, -0.2) is 0 Å². The van der Waals surface area contributed by atoms with Crippen molar-refractivity contribution in [3.05, 3.63) is 0 Å².